The van der Waals surface area contributed by atoms with Crippen molar-refractivity contribution in [3.05, 3.63) is 11.3 Å². The van der Waals surface area contributed by atoms with Gasteiger partial charge in [-0.1, -0.05) is 45.4 Å². The summed E-state index contributed by atoms with van der Waals surface area (Å²) in [4.78, 5) is 22.6. The van der Waals surface area contributed by atoms with Gasteiger partial charge < -0.3 is 10.4 Å². The zero-order chi connectivity index (χ0) is 13.4. The maximum absolute atomic E-state index is 11.3. The minimum absolute atomic E-state index is 0.0231. The predicted octanol–water partition coefficient (Wildman–Crippen LogP) is 2.64. The minimum atomic E-state index is -0.430. The second kappa shape index (κ2) is 7.90. The summed E-state index contributed by atoms with van der Waals surface area (Å²) >= 11 is 0. The summed E-state index contributed by atoms with van der Waals surface area (Å²) in [6, 6.07) is 0. The first-order valence-electron chi connectivity index (χ1n) is 6.90. The topological polar surface area (TPSA) is 66.4 Å². The number of Topliss-reactive ketones (excluding diaryl/α,β-unsaturated/α-hetero) is 1. The highest BCUT2D eigenvalue weighted by Crippen LogP contribution is 2.16. The van der Waals surface area contributed by atoms with Gasteiger partial charge in [0.05, 0.1) is 6.54 Å². The Kier molecular flexibility index (Phi) is 6.47. The summed E-state index contributed by atoms with van der Waals surface area (Å²) in [5, 5.41) is 12.1. The van der Waals surface area contributed by atoms with Gasteiger partial charge in [0.25, 0.3) is 5.91 Å². The highest BCUT2D eigenvalue weighted by molar-refractivity contribution is 6.25. The summed E-state index contributed by atoms with van der Waals surface area (Å²) in [7, 11) is 0. The van der Waals surface area contributed by atoms with Crippen LogP contribution in [0.15, 0.2) is 11.3 Å². The van der Waals surface area contributed by atoms with Gasteiger partial charge in [-0.2, -0.15) is 0 Å². The van der Waals surface area contributed by atoms with Gasteiger partial charge in [0.1, 0.15) is 11.3 Å². The van der Waals surface area contributed by atoms with E-state index >= 15 is 0 Å². The Morgan fingerprint density at radius 1 is 1.11 bits per heavy atom. The largest absolute Gasteiger partial charge is 0.511 e. The molecule has 0 saturated carbocycles. The van der Waals surface area contributed by atoms with Crippen LogP contribution in [0.4, 0.5) is 0 Å². The molecule has 1 aliphatic rings. The summed E-state index contributed by atoms with van der Waals surface area (Å²) in [6.45, 7) is 2.21. The average molecular weight is 253 g/mol. The second-order valence-electron chi connectivity index (χ2n) is 4.80. The first-order chi connectivity index (χ1) is 8.66. The fraction of sp³-hybridized carbons (Fsp3) is 0.714. The highest BCUT2D eigenvalue weighted by Gasteiger charge is 2.28. The lowest BCUT2D eigenvalue weighted by Gasteiger charge is -2.03. The number of nitrogens with one attached hydrogen (secondary N) is 1. The third kappa shape index (κ3) is 4.51. The number of allylic oxidation sites excluding steroid dienone is 1. The molecule has 1 rings (SSSR count). The molecule has 0 unspecified atom stereocenters. The Labute approximate surface area is 108 Å². The quantitative estimate of drug-likeness (QED) is 0.302. The summed E-state index contributed by atoms with van der Waals surface area (Å²) in [5.41, 5.74) is -0.0269. The number of aliphatic hydroxyl groups excluding tert-OH is 1. The van der Waals surface area contributed by atoms with Crippen molar-refractivity contribution >= 4 is 11.7 Å². The Bertz CT molecular complexity index is 316. The molecular weight excluding hydrogens is 230 g/mol. The smallest absolute Gasteiger partial charge is 0.258 e. The van der Waals surface area contributed by atoms with E-state index in [1.54, 1.807) is 0 Å². The first-order valence-corrected chi connectivity index (χ1v) is 6.90. The fourth-order valence-electron chi connectivity index (χ4n) is 2.13. The Hall–Kier alpha value is -1.32. The number of rotatable bonds is 8. The van der Waals surface area contributed by atoms with Crippen molar-refractivity contribution in [3.8, 4) is 0 Å². The monoisotopic (exact) mass is 253 g/mol. The van der Waals surface area contributed by atoms with E-state index in [9.17, 15) is 14.7 Å². The molecule has 0 aromatic carbocycles. The van der Waals surface area contributed by atoms with E-state index in [4.69, 9.17) is 0 Å². The molecule has 2 N–H and O–H groups in total. The van der Waals surface area contributed by atoms with Crippen molar-refractivity contribution in [1.82, 2.24) is 5.32 Å². The maximum Gasteiger partial charge on any atom is 0.258 e. The minimum Gasteiger partial charge on any atom is -0.511 e. The molecule has 0 spiro atoms. The van der Waals surface area contributed by atoms with Crippen LogP contribution in [0.1, 0.15) is 58.3 Å². The lowest BCUT2D eigenvalue weighted by Crippen LogP contribution is -2.15. The number of carbonyl (C=O) groups excluding carboxylic acids is 2. The molecule has 0 aromatic heterocycles. The standard InChI is InChI=1S/C14H23NO3/c1-2-3-4-5-6-7-8-9-11(16)13-12(17)10-15-14(13)18/h16H,2-10H2,1H3,(H,15,18)/b13-11+. The molecule has 0 bridgehead atoms. The van der Waals surface area contributed by atoms with Gasteiger partial charge in [0.15, 0.2) is 5.78 Å². The van der Waals surface area contributed by atoms with Crippen molar-refractivity contribution in [2.24, 2.45) is 0 Å². The molecule has 4 nitrogen and oxygen atoms in total. The molecule has 0 aliphatic carbocycles. The van der Waals surface area contributed by atoms with Crippen molar-refractivity contribution in [2.45, 2.75) is 58.3 Å². The molecular formula is C14H23NO3. The van der Waals surface area contributed by atoms with Gasteiger partial charge in [-0.3, -0.25) is 9.59 Å². The molecule has 1 saturated heterocycles. The van der Waals surface area contributed by atoms with Crippen LogP contribution < -0.4 is 5.32 Å². The number of carbonyl (C=O) groups is 2. The number of unbranched alkanes of at least 4 members (excludes halogenated alkanes) is 6. The maximum atomic E-state index is 11.3. The van der Waals surface area contributed by atoms with E-state index in [2.05, 4.69) is 12.2 Å². The molecule has 1 aliphatic heterocycles. The molecule has 0 radical (unpaired) electrons. The zero-order valence-electron chi connectivity index (χ0n) is 11.1. The Morgan fingerprint density at radius 3 is 2.28 bits per heavy atom. The van der Waals surface area contributed by atoms with Gasteiger partial charge in [0, 0.05) is 6.42 Å². The van der Waals surface area contributed by atoms with Crippen LogP contribution in [0, 0.1) is 0 Å². The average Bonchev–Trinajstić information content (AvgIpc) is 2.68. The van der Waals surface area contributed by atoms with E-state index in [-0.39, 0.29) is 23.7 Å². The third-order valence-corrected chi connectivity index (χ3v) is 3.22. The van der Waals surface area contributed by atoms with Crippen LogP contribution in [-0.4, -0.2) is 23.3 Å². The molecule has 18 heavy (non-hydrogen) atoms. The van der Waals surface area contributed by atoms with Crippen LogP contribution in [0.3, 0.4) is 0 Å². The molecule has 4 heteroatoms. The SMILES string of the molecule is CCCCCCCCC/C(O)=C1/C(=O)CNC1=O. The molecule has 0 atom stereocenters. The van der Waals surface area contributed by atoms with Crippen molar-refractivity contribution in [1.29, 1.82) is 0 Å². The number of hydrogen-bond donors (Lipinski definition) is 2. The predicted molar refractivity (Wildman–Crippen MR) is 70.3 cm³/mol. The molecule has 102 valence electrons. The van der Waals surface area contributed by atoms with E-state index in [0.717, 1.165) is 19.3 Å². The van der Waals surface area contributed by atoms with Crippen LogP contribution in [0.25, 0.3) is 0 Å². The van der Waals surface area contributed by atoms with Gasteiger partial charge in [-0.15, -0.1) is 0 Å². The van der Waals surface area contributed by atoms with Crippen molar-refractivity contribution in [2.75, 3.05) is 6.54 Å². The van der Waals surface area contributed by atoms with Crippen LogP contribution in [-0.2, 0) is 9.59 Å². The third-order valence-electron chi connectivity index (χ3n) is 3.22. The van der Waals surface area contributed by atoms with Crippen LogP contribution in [0.5, 0.6) is 0 Å². The highest BCUT2D eigenvalue weighted by atomic mass is 16.3. The van der Waals surface area contributed by atoms with Gasteiger partial charge in [-0.25, -0.2) is 0 Å². The zero-order valence-corrected chi connectivity index (χ0v) is 11.1. The van der Waals surface area contributed by atoms with Crippen LogP contribution in [0.2, 0.25) is 0 Å². The molecule has 1 fully saturated rings. The lowest BCUT2D eigenvalue weighted by atomic mass is 10.1. The summed E-state index contributed by atoms with van der Waals surface area (Å²) < 4.78 is 0. The Balaban J connectivity index is 2.21. The number of aliphatic hydroxyl groups is 1. The van der Waals surface area contributed by atoms with E-state index < -0.39 is 5.91 Å². The number of hydrogen-bond acceptors (Lipinski definition) is 3. The van der Waals surface area contributed by atoms with Gasteiger partial charge in [0.2, 0.25) is 0 Å². The normalized spacial score (nSPS) is 18.1. The van der Waals surface area contributed by atoms with E-state index in [0.29, 0.717) is 6.42 Å². The van der Waals surface area contributed by atoms with Crippen LogP contribution >= 0.6 is 0 Å². The second-order valence-corrected chi connectivity index (χ2v) is 4.80. The first kappa shape index (κ1) is 14.7. The molecule has 1 amide bonds. The van der Waals surface area contributed by atoms with Crippen molar-refractivity contribution in [3.63, 3.8) is 0 Å². The summed E-state index contributed by atoms with van der Waals surface area (Å²) in [5.74, 6) is -0.760. The van der Waals surface area contributed by atoms with E-state index in [1.807, 2.05) is 0 Å². The number of amides is 1. The van der Waals surface area contributed by atoms with Crippen molar-refractivity contribution < 1.29 is 14.7 Å². The van der Waals surface area contributed by atoms with Gasteiger partial charge >= 0.3 is 0 Å². The lowest BCUT2D eigenvalue weighted by molar-refractivity contribution is -0.117. The van der Waals surface area contributed by atoms with E-state index in [1.165, 1.54) is 25.7 Å². The fourth-order valence-corrected chi connectivity index (χ4v) is 2.13. The number of ketones is 1. The van der Waals surface area contributed by atoms with Gasteiger partial charge in [-0.05, 0) is 6.42 Å². The Morgan fingerprint density at radius 2 is 1.72 bits per heavy atom. The molecule has 0 aromatic rings. The summed E-state index contributed by atoms with van der Waals surface area (Å²) in [6.07, 6.45) is 8.48. The molecule has 1 heterocycles.